The van der Waals surface area contributed by atoms with Gasteiger partial charge in [0.1, 0.15) is 49.2 Å². The van der Waals surface area contributed by atoms with Crippen LogP contribution in [0, 0.1) is 0 Å². The second-order valence-corrected chi connectivity index (χ2v) is 20.8. The minimum atomic E-state index is -0.298. The van der Waals surface area contributed by atoms with E-state index in [4.69, 9.17) is 58.9 Å². The Morgan fingerprint density at radius 2 is 0.559 bits per heavy atom. The summed E-state index contributed by atoms with van der Waals surface area (Å²) in [6, 6.07) is 30.0. The third-order valence-corrected chi connectivity index (χ3v) is 12.9. The lowest BCUT2D eigenvalue weighted by Crippen LogP contribution is -2.17. The number of hydrogen-bond acceptors (Lipinski definition) is 12. The van der Waals surface area contributed by atoms with E-state index in [0.29, 0.717) is 72.8 Å². The monoisotopic (exact) mass is 898 g/mol. The Bertz CT molecular complexity index is 3020. The summed E-state index contributed by atoms with van der Waals surface area (Å²) in [7, 11) is 0. The van der Waals surface area contributed by atoms with Crippen molar-refractivity contribution < 1.29 is 18.9 Å². The van der Waals surface area contributed by atoms with Gasteiger partial charge in [-0.3, -0.25) is 19.9 Å². The molecule has 0 saturated carbocycles. The van der Waals surface area contributed by atoms with Crippen LogP contribution in [0.4, 0.5) is 0 Å². The second kappa shape index (κ2) is 15.0. The highest BCUT2D eigenvalue weighted by atomic mass is 16.5. The molecule has 68 heavy (non-hydrogen) atoms. The molecule has 0 unspecified atom stereocenters. The van der Waals surface area contributed by atoms with E-state index in [0.717, 1.165) is 76.8 Å². The molecule has 0 radical (unpaired) electrons. The molecule has 12 rings (SSSR count). The zero-order chi connectivity index (χ0) is 46.7. The highest BCUT2D eigenvalue weighted by molar-refractivity contribution is 6.32. The summed E-state index contributed by atoms with van der Waals surface area (Å²) in [5, 5.41) is 6.62. The Kier molecular flexibility index (Phi) is 9.19. The van der Waals surface area contributed by atoms with E-state index in [9.17, 15) is 0 Å². The summed E-state index contributed by atoms with van der Waals surface area (Å²) in [5.41, 5.74) is 9.63. The lowest BCUT2D eigenvalue weighted by Gasteiger charge is -2.21. The summed E-state index contributed by atoms with van der Waals surface area (Å²) < 4.78 is 24.0. The van der Waals surface area contributed by atoms with Gasteiger partial charge in [0.15, 0.2) is 0 Å². The van der Waals surface area contributed by atoms with E-state index < -0.39 is 0 Å². The first-order valence-corrected chi connectivity index (χ1v) is 23.1. The number of rotatable bonds is 8. The molecule has 4 aromatic heterocycles. The molecule has 8 heterocycles. The van der Waals surface area contributed by atoms with Gasteiger partial charge in [-0.25, -0.2) is 20.0 Å². The predicted octanol–water partition coefficient (Wildman–Crippen LogP) is 11.1. The molecule has 12 nitrogen and oxygen atoms in total. The van der Waals surface area contributed by atoms with Crippen LogP contribution in [0.5, 0.6) is 0 Å². The van der Waals surface area contributed by atoms with Gasteiger partial charge in [0.25, 0.3) is 0 Å². The van der Waals surface area contributed by atoms with Crippen molar-refractivity contribution in [1.29, 1.82) is 0 Å². The predicted molar refractivity (Wildman–Crippen MR) is 269 cm³/mol. The van der Waals surface area contributed by atoms with Gasteiger partial charge < -0.3 is 18.9 Å². The molecule has 0 atom stereocenters. The Labute approximate surface area is 394 Å². The molecule has 0 amide bonds. The van der Waals surface area contributed by atoms with Crippen molar-refractivity contribution in [1.82, 2.24) is 19.9 Å². The SMILES string of the molecule is CC1(C)COC(c2ccc(-c3cc(-c4ccc(C5=NC(C)(C)CO5)nc4)c4ccc5c(-c6ccc(C7=NC(C)(C)CO7)nc6)cc(-c6ccc(C7=NC(C)(C)CO7)nc6)c6ccc3c4c65)cn2)=N1. The third kappa shape index (κ3) is 7.30. The molecule has 0 fully saturated rings. The van der Waals surface area contributed by atoms with Crippen LogP contribution in [0.3, 0.4) is 0 Å². The normalized spacial score (nSPS) is 18.8. The molecule has 4 aromatic carbocycles. The zero-order valence-electron chi connectivity index (χ0n) is 39.4. The molecule has 0 N–H and O–H groups in total. The van der Waals surface area contributed by atoms with Gasteiger partial charge in [-0.2, -0.15) is 0 Å². The molecule has 0 spiro atoms. The maximum absolute atomic E-state index is 5.99. The van der Waals surface area contributed by atoms with Crippen molar-refractivity contribution in [3.8, 4) is 44.5 Å². The van der Waals surface area contributed by atoms with Crippen molar-refractivity contribution in [3.63, 3.8) is 0 Å². The molecule has 0 aliphatic carbocycles. The number of pyridine rings is 4. The van der Waals surface area contributed by atoms with Gasteiger partial charge in [0.2, 0.25) is 23.6 Å². The third-order valence-electron chi connectivity index (χ3n) is 12.9. The Morgan fingerprint density at radius 3 is 0.735 bits per heavy atom. The van der Waals surface area contributed by atoms with Crippen molar-refractivity contribution in [2.75, 3.05) is 26.4 Å². The maximum Gasteiger partial charge on any atom is 0.236 e. The van der Waals surface area contributed by atoms with Crippen LogP contribution in [0.2, 0.25) is 0 Å². The number of aromatic nitrogens is 4. The summed E-state index contributed by atoms with van der Waals surface area (Å²) >= 11 is 0. The minimum Gasteiger partial charge on any atom is -0.474 e. The molecular weight excluding hydrogens is 849 g/mol. The Hall–Kier alpha value is -7.60. The van der Waals surface area contributed by atoms with E-state index in [-0.39, 0.29) is 22.2 Å². The van der Waals surface area contributed by atoms with Crippen molar-refractivity contribution in [2.24, 2.45) is 20.0 Å². The van der Waals surface area contributed by atoms with Gasteiger partial charge >= 0.3 is 0 Å². The number of hydrogen-bond donors (Lipinski definition) is 0. The Morgan fingerprint density at radius 1 is 0.324 bits per heavy atom. The number of ether oxygens (including phenoxy) is 4. The smallest absolute Gasteiger partial charge is 0.236 e. The molecule has 4 aliphatic heterocycles. The average molecular weight is 899 g/mol. The largest absolute Gasteiger partial charge is 0.474 e. The number of nitrogens with zero attached hydrogens (tertiary/aromatic N) is 8. The summed E-state index contributed by atoms with van der Waals surface area (Å²) in [5.74, 6) is 2.25. The molecule has 4 aliphatic rings. The Balaban J connectivity index is 1.08. The first-order chi connectivity index (χ1) is 32.6. The fourth-order valence-corrected chi connectivity index (χ4v) is 9.53. The molecule has 12 heteroatoms. The second-order valence-electron chi connectivity index (χ2n) is 20.8. The molecule has 8 aromatic rings. The van der Waals surface area contributed by atoms with E-state index in [2.05, 4.69) is 116 Å². The van der Waals surface area contributed by atoms with E-state index >= 15 is 0 Å². The topological polar surface area (TPSA) is 138 Å². The van der Waals surface area contributed by atoms with E-state index in [1.807, 2.05) is 49.1 Å². The first kappa shape index (κ1) is 41.8. The lowest BCUT2D eigenvalue weighted by atomic mass is 9.82. The summed E-state index contributed by atoms with van der Waals surface area (Å²) in [6.45, 7) is 18.6. The molecule has 0 bridgehead atoms. The zero-order valence-corrected chi connectivity index (χ0v) is 39.4. The van der Waals surface area contributed by atoms with E-state index in [1.165, 1.54) is 0 Å². The van der Waals surface area contributed by atoms with Gasteiger partial charge in [-0.1, -0.05) is 48.5 Å². The first-order valence-electron chi connectivity index (χ1n) is 23.1. The van der Waals surface area contributed by atoms with Gasteiger partial charge in [0, 0.05) is 47.0 Å². The van der Waals surface area contributed by atoms with Crippen molar-refractivity contribution in [3.05, 3.63) is 132 Å². The van der Waals surface area contributed by atoms with Crippen LogP contribution < -0.4 is 0 Å². The number of aliphatic imine (C=N–C) groups is 4. The van der Waals surface area contributed by atoms with Crippen LogP contribution in [0.15, 0.2) is 130 Å². The van der Waals surface area contributed by atoms with Crippen molar-refractivity contribution >= 4 is 55.9 Å². The van der Waals surface area contributed by atoms with Crippen LogP contribution >= 0.6 is 0 Å². The average Bonchev–Trinajstić information content (AvgIpc) is 4.11. The highest BCUT2D eigenvalue weighted by Crippen LogP contribution is 2.48. The fraction of sp³-hybridized carbons (Fsp3) is 0.286. The van der Waals surface area contributed by atoms with Crippen LogP contribution in [0.1, 0.15) is 78.2 Å². The fourth-order valence-electron chi connectivity index (χ4n) is 9.53. The lowest BCUT2D eigenvalue weighted by molar-refractivity contribution is 0.279. The van der Waals surface area contributed by atoms with Crippen molar-refractivity contribution in [2.45, 2.75) is 77.5 Å². The quantitative estimate of drug-likeness (QED) is 0.137. The standard InChI is InChI=1S/C56H50N8O4/c1-53(2)27-65-49(61-53)43-17-9-31(23-57-43)39-21-40(32-10-18-44(58-24-32)50-62-54(3,4)28-66-50)36-15-16-38-42(34-12-20-46(60-26-34)52-64-56(7,8)30-68-52)22-41(37-14-13-35(39)47(36)48(37)38)33-11-19-45(59-25-33)51-63-55(5,6)29-67-51/h9-26H,27-30H2,1-8H3. The summed E-state index contributed by atoms with van der Waals surface area (Å²) in [6.07, 6.45) is 7.71. The highest BCUT2D eigenvalue weighted by Gasteiger charge is 2.32. The number of benzene rings is 4. The van der Waals surface area contributed by atoms with Crippen LogP contribution in [-0.4, -0.2) is 92.1 Å². The summed E-state index contributed by atoms with van der Waals surface area (Å²) in [4.78, 5) is 38.9. The van der Waals surface area contributed by atoms with Gasteiger partial charge in [-0.15, -0.1) is 0 Å². The maximum atomic E-state index is 5.99. The van der Waals surface area contributed by atoms with Gasteiger partial charge in [0.05, 0.1) is 22.2 Å². The van der Waals surface area contributed by atoms with Crippen LogP contribution in [-0.2, 0) is 18.9 Å². The van der Waals surface area contributed by atoms with Crippen LogP contribution in [0.25, 0.3) is 76.8 Å². The molecule has 0 saturated heterocycles. The molecule has 338 valence electrons. The minimum absolute atomic E-state index is 0.298. The van der Waals surface area contributed by atoms with E-state index in [1.54, 1.807) is 0 Å². The van der Waals surface area contributed by atoms with Gasteiger partial charge in [-0.05, 0) is 146 Å². The molecular formula is C56H50N8O4.